The van der Waals surface area contributed by atoms with Crippen LogP contribution in [0.1, 0.15) is 30.6 Å². The van der Waals surface area contributed by atoms with Crippen LogP contribution in [0.4, 0.5) is 5.13 Å². The highest BCUT2D eigenvalue weighted by Crippen LogP contribution is 2.33. The predicted octanol–water partition coefficient (Wildman–Crippen LogP) is 5.26. The Labute approximate surface area is 133 Å². The fourth-order valence-electron chi connectivity index (χ4n) is 2.66. The van der Waals surface area contributed by atoms with Gasteiger partial charge in [0.1, 0.15) is 0 Å². The van der Waals surface area contributed by atoms with Crippen molar-refractivity contribution in [2.24, 2.45) is 0 Å². The molecule has 0 N–H and O–H groups in total. The Hall–Kier alpha value is -0.870. The average Bonchev–Trinajstić information content (AvgIpc) is 2.66. The lowest BCUT2D eigenvalue weighted by atomic mass is 10.1. The van der Waals surface area contributed by atoms with E-state index in [0.717, 1.165) is 23.3 Å². The van der Waals surface area contributed by atoms with Crippen molar-refractivity contribution in [2.45, 2.75) is 32.6 Å². The Morgan fingerprint density at radius 1 is 1.05 bits per heavy atom. The van der Waals surface area contributed by atoms with Crippen molar-refractivity contribution in [3.63, 3.8) is 0 Å². The molecule has 20 heavy (non-hydrogen) atoms. The third-order valence-electron chi connectivity index (χ3n) is 3.78. The van der Waals surface area contributed by atoms with Crippen molar-refractivity contribution < 1.29 is 0 Å². The van der Waals surface area contributed by atoms with Gasteiger partial charge in [-0.2, -0.15) is 0 Å². The standard InChI is InChI=1S/C16H19BrN2S/c1-12-15(13-6-8-14(17)9-7-13)18-16(20-12)19-10-4-2-3-5-11-19/h6-9H,2-5,10-11H2,1H3. The number of aryl methyl sites for hydroxylation is 1. The number of nitrogens with zero attached hydrogens (tertiary/aromatic N) is 2. The van der Waals surface area contributed by atoms with E-state index in [1.165, 1.54) is 41.3 Å². The van der Waals surface area contributed by atoms with Gasteiger partial charge in [0.05, 0.1) is 5.69 Å². The van der Waals surface area contributed by atoms with E-state index in [1.807, 2.05) is 11.3 Å². The van der Waals surface area contributed by atoms with Gasteiger partial charge in [0, 0.05) is 28.0 Å². The molecular weight excluding hydrogens is 332 g/mol. The number of rotatable bonds is 2. The van der Waals surface area contributed by atoms with Crippen LogP contribution in [0.5, 0.6) is 0 Å². The summed E-state index contributed by atoms with van der Waals surface area (Å²) < 4.78 is 1.11. The summed E-state index contributed by atoms with van der Waals surface area (Å²) in [6, 6.07) is 8.44. The van der Waals surface area contributed by atoms with Crippen LogP contribution in [-0.2, 0) is 0 Å². The molecule has 2 nitrogen and oxygen atoms in total. The summed E-state index contributed by atoms with van der Waals surface area (Å²) in [7, 11) is 0. The molecule has 0 radical (unpaired) electrons. The quantitative estimate of drug-likeness (QED) is 0.734. The first-order chi connectivity index (χ1) is 9.74. The Morgan fingerprint density at radius 2 is 1.70 bits per heavy atom. The first kappa shape index (κ1) is 14.1. The molecule has 2 aromatic rings. The molecule has 0 saturated carbocycles. The molecule has 0 spiro atoms. The minimum absolute atomic E-state index is 1.11. The first-order valence-electron chi connectivity index (χ1n) is 7.22. The zero-order valence-corrected chi connectivity index (χ0v) is 14.1. The summed E-state index contributed by atoms with van der Waals surface area (Å²) in [6.45, 7) is 4.50. The van der Waals surface area contributed by atoms with Gasteiger partial charge < -0.3 is 4.90 Å². The SMILES string of the molecule is Cc1sc(N2CCCCCC2)nc1-c1ccc(Br)cc1. The van der Waals surface area contributed by atoms with Crippen LogP contribution in [0.15, 0.2) is 28.7 Å². The Morgan fingerprint density at radius 3 is 2.35 bits per heavy atom. The number of halogens is 1. The molecule has 1 aromatic heterocycles. The Balaban J connectivity index is 1.88. The molecule has 0 aliphatic carbocycles. The summed E-state index contributed by atoms with van der Waals surface area (Å²) in [5.74, 6) is 0. The normalized spacial score (nSPS) is 16.2. The van der Waals surface area contributed by atoms with E-state index in [0.29, 0.717) is 0 Å². The Kier molecular flexibility index (Phi) is 4.41. The number of thiazole rings is 1. The van der Waals surface area contributed by atoms with Gasteiger partial charge in [0.15, 0.2) is 5.13 Å². The average molecular weight is 351 g/mol. The van der Waals surface area contributed by atoms with Gasteiger partial charge in [-0.15, -0.1) is 11.3 Å². The fraction of sp³-hybridized carbons (Fsp3) is 0.438. The fourth-order valence-corrected chi connectivity index (χ4v) is 3.90. The predicted molar refractivity (Wildman–Crippen MR) is 90.7 cm³/mol. The number of aromatic nitrogens is 1. The van der Waals surface area contributed by atoms with Crippen molar-refractivity contribution >= 4 is 32.4 Å². The molecule has 1 aromatic carbocycles. The lowest BCUT2D eigenvalue weighted by Crippen LogP contribution is -2.23. The molecular formula is C16H19BrN2S. The van der Waals surface area contributed by atoms with Crippen LogP contribution in [-0.4, -0.2) is 18.1 Å². The molecule has 0 bridgehead atoms. The molecule has 4 heteroatoms. The molecule has 0 amide bonds. The summed E-state index contributed by atoms with van der Waals surface area (Å²) in [6.07, 6.45) is 5.32. The van der Waals surface area contributed by atoms with Gasteiger partial charge in [-0.3, -0.25) is 0 Å². The van der Waals surface area contributed by atoms with E-state index >= 15 is 0 Å². The summed E-state index contributed by atoms with van der Waals surface area (Å²) in [5, 5.41) is 1.20. The van der Waals surface area contributed by atoms with E-state index < -0.39 is 0 Å². The maximum Gasteiger partial charge on any atom is 0.186 e. The van der Waals surface area contributed by atoms with Crippen LogP contribution in [0.25, 0.3) is 11.3 Å². The number of hydrogen-bond donors (Lipinski definition) is 0. The van der Waals surface area contributed by atoms with Gasteiger partial charge in [0.2, 0.25) is 0 Å². The first-order valence-corrected chi connectivity index (χ1v) is 8.83. The highest BCUT2D eigenvalue weighted by atomic mass is 79.9. The van der Waals surface area contributed by atoms with Gasteiger partial charge in [-0.1, -0.05) is 40.9 Å². The highest BCUT2D eigenvalue weighted by Gasteiger charge is 2.16. The molecule has 1 fully saturated rings. The van der Waals surface area contributed by atoms with E-state index in [1.54, 1.807) is 0 Å². The number of hydrogen-bond acceptors (Lipinski definition) is 3. The lowest BCUT2D eigenvalue weighted by molar-refractivity contribution is 0.726. The van der Waals surface area contributed by atoms with Gasteiger partial charge in [-0.25, -0.2) is 4.98 Å². The second-order valence-electron chi connectivity index (χ2n) is 5.31. The topological polar surface area (TPSA) is 16.1 Å². The molecule has 3 rings (SSSR count). The Bertz CT molecular complexity index is 569. The molecule has 0 unspecified atom stereocenters. The zero-order chi connectivity index (χ0) is 13.9. The molecule has 1 aliphatic heterocycles. The van der Waals surface area contributed by atoms with Crippen LogP contribution < -0.4 is 4.90 Å². The molecule has 1 saturated heterocycles. The third-order valence-corrected chi connectivity index (χ3v) is 5.34. The second-order valence-corrected chi connectivity index (χ2v) is 7.41. The monoisotopic (exact) mass is 350 g/mol. The smallest absolute Gasteiger partial charge is 0.186 e. The highest BCUT2D eigenvalue weighted by molar-refractivity contribution is 9.10. The number of anilines is 1. The number of benzene rings is 1. The van der Waals surface area contributed by atoms with Crippen molar-refractivity contribution in [3.8, 4) is 11.3 Å². The maximum atomic E-state index is 4.90. The van der Waals surface area contributed by atoms with Crippen molar-refractivity contribution in [3.05, 3.63) is 33.6 Å². The molecule has 0 atom stereocenters. The third kappa shape index (κ3) is 3.07. The zero-order valence-electron chi connectivity index (χ0n) is 11.7. The van der Waals surface area contributed by atoms with E-state index in [9.17, 15) is 0 Å². The van der Waals surface area contributed by atoms with Gasteiger partial charge in [-0.05, 0) is 31.9 Å². The van der Waals surface area contributed by atoms with Gasteiger partial charge >= 0.3 is 0 Å². The lowest BCUT2D eigenvalue weighted by Gasteiger charge is -2.18. The summed E-state index contributed by atoms with van der Waals surface area (Å²) in [5.41, 5.74) is 2.35. The van der Waals surface area contributed by atoms with Crippen LogP contribution in [0, 0.1) is 6.92 Å². The van der Waals surface area contributed by atoms with Gasteiger partial charge in [0.25, 0.3) is 0 Å². The van der Waals surface area contributed by atoms with Crippen molar-refractivity contribution in [2.75, 3.05) is 18.0 Å². The summed E-state index contributed by atoms with van der Waals surface area (Å²) >= 11 is 5.32. The van der Waals surface area contributed by atoms with Crippen LogP contribution >= 0.6 is 27.3 Å². The maximum absolute atomic E-state index is 4.90. The molecule has 2 heterocycles. The summed E-state index contributed by atoms with van der Waals surface area (Å²) in [4.78, 5) is 8.68. The largest absolute Gasteiger partial charge is 0.348 e. The second kappa shape index (κ2) is 6.27. The van der Waals surface area contributed by atoms with Crippen molar-refractivity contribution in [1.29, 1.82) is 0 Å². The minimum atomic E-state index is 1.11. The van der Waals surface area contributed by atoms with Crippen LogP contribution in [0.3, 0.4) is 0 Å². The minimum Gasteiger partial charge on any atom is -0.348 e. The van der Waals surface area contributed by atoms with E-state index in [-0.39, 0.29) is 0 Å². The van der Waals surface area contributed by atoms with Crippen molar-refractivity contribution in [1.82, 2.24) is 4.98 Å². The van der Waals surface area contributed by atoms with E-state index in [2.05, 4.69) is 52.0 Å². The van der Waals surface area contributed by atoms with Crippen LogP contribution in [0.2, 0.25) is 0 Å². The molecule has 106 valence electrons. The van der Waals surface area contributed by atoms with E-state index in [4.69, 9.17) is 4.98 Å². The molecule has 1 aliphatic rings.